The number of para-hydroxylation sites is 3. The molecule has 6 heteroatoms. The molecule has 0 saturated heterocycles. The summed E-state index contributed by atoms with van der Waals surface area (Å²) in [4.78, 5) is 23.0. The van der Waals surface area contributed by atoms with E-state index >= 15 is 0 Å². The number of nitrogens with zero attached hydrogens (tertiary/aromatic N) is 4. The van der Waals surface area contributed by atoms with Crippen molar-refractivity contribution in [2.75, 3.05) is 10.0 Å². The highest BCUT2D eigenvalue weighted by Crippen LogP contribution is 2.36. The van der Waals surface area contributed by atoms with Gasteiger partial charge < -0.3 is 0 Å². The van der Waals surface area contributed by atoms with Gasteiger partial charge in [0.15, 0.2) is 0 Å². The lowest BCUT2D eigenvalue weighted by Crippen LogP contribution is -2.29. The molecule has 2 aromatic rings. The van der Waals surface area contributed by atoms with E-state index in [4.69, 9.17) is 0 Å². The number of rotatable bonds is 9. The van der Waals surface area contributed by atoms with E-state index < -0.39 is 0 Å². The van der Waals surface area contributed by atoms with Crippen LogP contribution in [0.15, 0.2) is 65.2 Å². The Morgan fingerprint density at radius 3 is 1.96 bits per heavy atom. The van der Waals surface area contributed by atoms with Crippen molar-refractivity contribution < 1.29 is 0 Å². The van der Waals surface area contributed by atoms with Gasteiger partial charge in [-0.3, -0.25) is 0 Å². The van der Waals surface area contributed by atoms with Crippen molar-refractivity contribution >= 4 is 17.1 Å². The first-order valence-corrected chi connectivity index (χ1v) is 8.48. The van der Waals surface area contributed by atoms with E-state index in [1.54, 1.807) is 24.3 Å². The van der Waals surface area contributed by atoms with Gasteiger partial charge >= 0.3 is 0 Å². The maximum atomic E-state index is 11.5. The first kappa shape index (κ1) is 18.6. The smallest absolute Gasteiger partial charge is 0.0939 e. The van der Waals surface area contributed by atoms with Gasteiger partial charge in [-0.25, -0.2) is 5.01 Å². The molecule has 25 heavy (non-hydrogen) atoms. The standard InChI is InChI=1S/C19H24N4O2/c1-15(2)13-14-16(3)22(20-24)18-11-7-8-12-19(18)23(21-25)17-9-5-4-6-10-17/h4-12,15-16H,13-14H2,1-3H3. The van der Waals surface area contributed by atoms with Crippen molar-refractivity contribution in [3.63, 3.8) is 0 Å². The number of benzene rings is 2. The first-order chi connectivity index (χ1) is 12.1. The lowest BCUT2D eigenvalue weighted by Gasteiger charge is -2.27. The molecule has 1 atom stereocenters. The topological polar surface area (TPSA) is 65.3 Å². The summed E-state index contributed by atoms with van der Waals surface area (Å²) < 4.78 is 0. The van der Waals surface area contributed by atoms with Crippen LogP contribution in [0.5, 0.6) is 0 Å². The van der Waals surface area contributed by atoms with Crippen molar-refractivity contribution in [2.45, 2.75) is 39.7 Å². The molecule has 0 amide bonds. The monoisotopic (exact) mass is 340 g/mol. The van der Waals surface area contributed by atoms with Gasteiger partial charge in [-0.05, 0) is 49.9 Å². The molecule has 0 fully saturated rings. The highest BCUT2D eigenvalue weighted by molar-refractivity contribution is 5.76. The minimum atomic E-state index is -0.0784. The molecule has 6 nitrogen and oxygen atoms in total. The normalized spacial score (nSPS) is 11.8. The van der Waals surface area contributed by atoms with Gasteiger partial charge in [0.1, 0.15) is 0 Å². The summed E-state index contributed by atoms with van der Waals surface area (Å²) in [6, 6.07) is 16.2. The third kappa shape index (κ3) is 4.62. The Morgan fingerprint density at radius 2 is 1.40 bits per heavy atom. The van der Waals surface area contributed by atoms with Gasteiger partial charge in [0, 0.05) is 0 Å². The number of anilines is 3. The van der Waals surface area contributed by atoms with E-state index in [9.17, 15) is 9.81 Å². The van der Waals surface area contributed by atoms with E-state index in [1.165, 1.54) is 10.0 Å². The molecule has 0 heterocycles. The molecule has 132 valence electrons. The summed E-state index contributed by atoms with van der Waals surface area (Å²) in [7, 11) is 0. The van der Waals surface area contributed by atoms with Crippen LogP contribution in [-0.2, 0) is 0 Å². The zero-order valence-electron chi connectivity index (χ0n) is 14.9. The molecule has 0 spiro atoms. The molecule has 2 rings (SSSR count). The fraction of sp³-hybridized carbons (Fsp3) is 0.368. The molecule has 0 bridgehead atoms. The van der Waals surface area contributed by atoms with Crippen molar-refractivity contribution in [2.24, 2.45) is 16.5 Å². The highest BCUT2D eigenvalue weighted by atomic mass is 16.3. The molecule has 0 aromatic heterocycles. The Hall–Kier alpha value is -2.76. The molecular weight excluding hydrogens is 316 g/mol. The lowest BCUT2D eigenvalue weighted by molar-refractivity contribution is 0.494. The second-order valence-corrected chi connectivity index (χ2v) is 6.46. The van der Waals surface area contributed by atoms with Crippen LogP contribution in [0.4, 0.5) is 17.1 Å². The SMILES string of the molecule is CC(C)CCC(C)N(N=O)c1ccccc1N(N=O)c1ccccc1. The van der Waals surface area contributed by atoms with E-state index in [0.717, 1.165) is 12.8 Å². The molecule has 0 radical (unpaired) electrons. The molecule has 0 aliphatic heterocycles. The van der Waals surface area contributed by atoms with Crippen molar-refractivity contribution in [1.82, 2.24) is 0 Å². The summed E-state index contributed by atoms with van der Waals surface area (Å²) in [6.45, 7) is 6.25. The number of hydrogen-bond donors (Lipinski definition) is 0. The lowest BCUT2D eigenvalue weighted by atomic mass is 10.0. The molecule has 0 aliphatic rings. The predicted octanol–water partition coefficient (Wildman–Crippen LogP) is 5.82. The summed E-state index contributed by atoms with van der Waals surface area (Å²) in [6.07, 6.45) is 1.82. The molecule has 0 saturated carbocycles. The Bertz CT molecular complexity index is 691. The second kappa shape index (κ2) is 8.92. The van der Waals surface area contributed by atoms with E-state index in [0.29, 0.717) is 23.0 Å². The van der Waals surface area contributed by atoms with E-state index in [1.807, 2.05) is 37.3 Å². The molecule has 0 N–H and O–H groups in total. The number of nitroso groups, excluding NO2 is 2. The van der Waals surface area contributed by atoms with Crippen LogP contribution in [0.2, 0.25) is 0 Å². The summed E-state index contributed by atoms with van der Waals surface area (Å²) in [5.41, 5.74) is 1.72. The highest BCUT2D eigenvalue weighted by Gasteiger charge is 2.22. The van der Waals surface area contributed by atoms with Gasteiger partial charge in [0.05, 0.1) is 33.7 Å². The van der Waals surface area contributed by atoms with Crippen molar-refractivity contribution in [3.05, 3.63) is 64.4 Å². The van der Waals surface area contributed by atoms with Crippen LogP contribution in [0.1, 0.15) is 33.6 Å². The third-order valence-electron chi connectivity index (χ3n) is 4.11. The Morgan fingerprint density at radius 1 is 0.800 bits per heavy atom. The van der Waals surface area contributed by atoms with Gasteiger partial charge in [0.25, 0.3) is 0 Å². The zero-order chi connectivity index (χ0) is 18.2. The molecule has 0 aliphatic carbocycles. The van der Waals surface area contributed by atoms with Gasteiger partial charge in [0.2, 0.25) is 0 Å². The molecule has 2 aromatic carbocycles. The van der Waals surface area contributed by atoms with Crippen molar-refractivity contribution in [1.29, 1.82) is 0 Å². The predicted molar refractivity (Wildman–Crippen MR) is 103 cm³/mol. The Balaban J connectivity index is 2.38. The van der Waals surface area contributed by atoms with Crippen LogP contribution >= 0.6 is 0 Å². The van der Waals surface area contributed by atoms with Gasteiger partial charge in [-0.1, -0.05) is 44.2 Å². The minimum absolute atomic E-state index is 0.0784. The maximum Gasteiger partial charge on any atom is 0.0939 e. The van der Waals surface area contributed by atoms with Crippen LogP contribution in [0.25, 0.3) is 0 Å². The largest absolute Gasteiger partial charge is 0.224 e. The molecule has 1 unspecified atom stereocenters. The third-order valence-corrected chi connectivity index (χ3v) is 4.11. The summed E-state index contributed by atoms with van der Waals surface area (Å²) in [5, 5.41) is 9.08. The second-order valence-electron chi connectivity index (χ2n) is 6.46. The fourth-order valence-electron chi connectivity index (χ4n) is 2.70. The zero-order valence-corrected chi connectivity index (χ0v) is 14.9. The first-order valence-electron chi connectivity index (χ1n) is 8.48. The maximum absolute atomic E-state index is 11.5. The van der Waals surface area contributed by atoms with Crippen LogP contribution in [-0.4, -0.2) is 6.04 Å². The van der Waals surface area contributed by atoms with Gasteiger partial charge in [-0.15, -0.1) is 9.81 Å². The Kier molecular flexibility index (Phi) is 6.62. The Labute approximate surface area is 148 Å². The van der Waals surface area contributed by atoms with Crippen LogP contribution < -0.4 is 10.0 Å². The summed E-state index contributed by atoms with van der Waals surface area (Å²) in [5.74, 6) is 0.545. The minimum Gasteiger partial charge on any atom is -0.224 e. The summed E-state index contributed by atoms with van der Waals surface area (Å²) >= 11 is 0. The average Bonchev–Trinajstić information content (AvgIpc) is 2.63. The molecular formula is C19H24N4O2. The van der Waals surface area contributed by atoms with Gasteiger partial charge in [-0.2, -0.15) is 5.01 Å². The van der Waals surface area contributed by atoms with E-state index in [2.05, 4.69) is 24.4 Å². The van der Waals surface area contributed by atoms with Crippen molar-refractivity contribution in [3.8, 4) is 0 Å². The van der Waals surface area contributed by atoms with E-state index in [-0.39, 0.29) is 6.04 Å². The average molecular weight is 340 g/mol. The number of hydrogen-bond acceptors (Lipinski definition) is 4. The fourth-order valence-corrected chi connectivity index (χ4v) is 2.70. The van der Waals surface area contributed by atoms with Crippen LogP contribution in [0, 0.1) is 15.7 Å². The van der Waals surface area contributed by atoms with Crippen LogP contribution in [0.3, 0.4) is 0 Å². The quantitative estimate of drug-likeness (QED) is 0.426.